The number of hydrogen-bond acceptors (Lipinski definition) is 1. The van der Waals surface area contributed by atoms with Crippen molar-refractivity contribution in [3.8, 4) is 0 Å². The van der Waals surface area contributed by atoms with E-state index in [4.69, 9.17) is 4.52 Å². The molecular formula is C10H23OP. The summed E-state index contributed by atoms with van der Waals surface area (Å²) in [4.78, 5) is 0. The summed E-state index contributed by atoms with van der Waals surface area (Å²) in [6, 6.07) is 0. The second kappa shape index (κ2) is 6.86. The predicted octanol–water partition coefficient (Wildman–Crippen LogP) is 3.93. The van der Waals surface area contributed by atoms with Crippen molar-refractivity contribution in [3.05, 3.63) is 0 Å². The third kappa shape index (κ3) is 3.87. The zero-order chi connectivity index (χ0) is 9.45. The lowest BCUT2D eigenvalue weighted by atomic mass is 9.88. The average molecular weight is 190 g/mol. The zero-order valence-corrected chi connectivity index (χ0v) is 9.88. The van der Waals surface area contributed by atoms with Gasteiger partial charge in [-0.1, -0.05) is 40.0 Å². The lowest BCUT2D eigenvalue weighted by Crippen LogP contribution is -2.28. The summed E-state index contributed by atoms with van der Waals surface area (Å²) in [5.74, 6) is 0. The molecule has 0 rings (SSSR count). The van der Waals surface area contributed by atoms with E-state index in [9.17, 15) is 0 Å². The van der Waals surface area contributed by atoms with Crippen LogP contribution in [0, 0.1) is 0 Å². The topological polar surface area (TPSA) is 9.23 Å². The van der Waals surface area contributed by atoms with Crippen molar-refractivity contribution in [1.29, 1.82) is 0 Å². The van der Waals surface area contributed by atoms with E-state index in [0.29, 0.717) is 0 Å². The Bertz CT molecular complexity index is 87.0. The van der Waals surface area contributed by atoms with Gasteiger partial charge in [-0.3, -0.25) is 0 Å². The first-order valence-electron chi connectivity index (χ1n) is 5.12. The van der Waals surface area contributed by atoms with E-state index < -0.39 is 0 Å². The molecule has 0 spiro atoms. The van der Waals surface area contributed by atoms with Gasteiger partial charge in [-0.2, -0.15) is 0 Å². The van der Waals surface area contributed by atoms with Crippen molar-refractivity contribution in [2.24, 2.45) is 0 Å². The summed E-state index contributed by atoms with van der Waals surface area (Å²) in [6.07, 6.45) is 7.23. The summed E-state index contributed by atoms with van der Waals surface area (Å²) in [6.45, 7) is 6.68. The van der Waals surface area contributed by atoms with E-state index in [1.165, 1.54) is 38.5 Å². The summed E-state index contributed by atoms with van der Waals surface area (Å²) in [5, 5.41) is 0. The Hall–Kier alpha value is 0.390. The average Bonchev–Trinajstić information content (AvgIpc) is 2.06. The molecule has 0 aliphatic heterocycles. The van der Waals surface area contributed by atoms with Crippen LogP contribution in [0.2, 0.25) is 0 Å². The molecule has 0 aliphatic rings. The highest BCUT2D eigenvalue weighted by molar-refractivity contribution is 7.09. The summed E-state index contributed by atoms with van der Waals surface area (Å²) in [7, 11) is 2.45. The van der Waals surface area contributed by atoms with Gasteiger partial charge < -0.3 is 4.52 Å². The maximum Gasteiger partial charge on any atom is 0.0717 e. The molecule has 74 valence electrons. The normalized spacial score (nSPS) is 12.0. The third-order valence-electron chi connectivity index (χ3n) is 2.37. The van der Waals surface area contributed by atoms with Crippen molar-refractivity contribution < 1.29 is 4.52 Å². The van der Waals surface area contributed by atoms with Crippen molar-refractivity contribution in [2.75, 3.05) is 0 Å². The van der Waals surface area contributed by atoms with Crippen LogP contribution >= 0.6 is 9.47 Å². The molecule has 0 N–H and O–H groups in total. The Morgan fingerprint density at radius 1 is 0.917 bits per heavy atom. The molecule has 2 heteroatoms. The third-order valence-corrected chi connectivity index (χ3v) is 2.87. The van der Waals surface area contributed by atoms with Gasteiger partial charge in [0.05, 0.1) is 5.60 Å². The first-order valence-corrected chi connectivity index (χ1v) is 5.59. The van der Waals surface area contributed by atoms with Crippen LogP contribution in [0.15, 0.2) is 0 Å². The second-order valence-corrected chi connectivity index (χ2v) is 3.79. The summed E-state index contributed by atoms with van der Waals surface area (Å²) < 4.78 is 5.58. The van der Waals surface area contributed by atoms with Crippen LogP contribution in [-0.4, -0.2) is 5.60 Å². The molecule has 0 aliphatic carbocycles. The van der Waals surface area contributed by atoms with Gasteiger partial charge in [0.1, 0.15) is 0 Å². The first-order chi connectivity index (χ1) is 5.74. The fourth-order valence-electron chi connectivity index (χ4n) is 1.92. The van der Waals surface area contributed by atoms with Crippen molar-refractivity contribution in [2.45, 2.75) is 64.9 Å². The van der Waals surface area contributed by atoms with Crippen LogP contribution in [0.25, 0.3) is 0 Å². The molecule has 0 radical (unpaired) electrons. The minimum atomic E-state index is 0.156. The van der Waals surface area contributed by atoms with Gasteiger partial charge in [-0.05, 0) is 19.3 Å². The maximum atomic E-state index is 5.58. The molecule has 12 heavy (non-hydrogen) atoms. The largest absolute Gasteiger partial charge is 0.359 e. The van der Waals surface area contributed by atoms with E-state index in [2.05, 4.69) is 30.2 Å². The smallest absolute Gasteiger partial charge is 0.0717 e. The van der Waals surface area contributed by atoms with Gasteiger partial charge in [-0.15, -0.1) is 0 Å². The Balaban J connectivity index is 4.06. The predicted molar refractivity (Wildman–Crippen MR) is 58.3 cm³/mol. The van der Waals surface area contributed by atoms with Crippen molar-refractivity contribution in [3.63, 3.8) is 0 Å². The van der Waals surface area contributed by atoms with Crippen LogP contribution in [0.5, 0.6) is 0 Å². The zero-order valence-electron chi connectivity index (χ0n) is 8.73. The lowest BCUT2D eigenvalue weighted by Gasteiger charge is -2.31. The highest BCUT2D eigenvalue weighted by Crippen LogP contribution is 2.31. The first kappa shape index (κ1) is 12.4. The van der Waals surface area contributed by atoms with Crippen LogP contribution in [-0.2, 0) is 4.52 Å². The van der Waals surface area contributed by atoms with Crippen molar-refractivity contribution >= 4 is 9.47 Å². The van der Waals surface area contributed by atoms with Gasteiger partial charge in [0, 0.05) is 9.47 Å². The van der Waals surface area contributed by atoms with Crippen LogP contribution < -0.4 is 0 Å². The molecular weight excluding hydrogens is 167 g/mol. The molecule has 0 fully saturated rings. The molecule has 1 atom stereocenters. The molecule has 0 heterocycles. The Morgan fingerprint density at radius 3 is 1.42 bits per heavy atom. The Kier molecular flexibility index (Phi) is 7.08. The fourth-order valence-corrected chi connectivity index (χ4v) is 2.27. The van der Waals surface area contributed by atoms with Gasteiger partial charge in [0.15, 0.2) is 0 Å². The molecule has 0 aromatic heterocycles. The summed E-state index contributed by atoms with van der Waals surface area (Å²) >= 11 is 0. The monoisotopic (exact) mass is 190 g/mol. The van der Waals surface area contributed by atoms with E-state index in [1.807, 2.05) is 0 Å². The van der Waals surface area contributed by atoms with E-state index in [0.717, 1.165) is 0 Å². The molecule has 0 saturated heterocycles. The fraction of sp³-hybridized carbons (Fsp3) is 1.00. The maximum absolute atomic E-state index is 5.58. The molecule has 0 aromatic carbocycles. The van der Waals surface area contributed by atoms with E-state index >= 15 is 0 Å². The lowest BCUT2D eigenvalue weighted by molar-refractivity contribution is 0.0602. The molecule has 1 nitrogen and oxygen atoms in total. The standard InChI is InChI=1S/C10H23OP/c1-4-7-10(11-12,8-5-2)9-6-3/h4-9,12H2,1-3H3. The van der Waals surface area contributed by atoms with Crippen LogP contribution in [0.3, 0.4) is 0 Å². The molecule has 1 unspecified atom stereocenters. The quantitative estimate of drug-likeness (QED) is 0.553. The highest BCUT2D eigenvalue weighted by Gasteiger charge is 2.26. The molecule has 0 bridgehead atoms. The van der Waals surface area contributed by atoms with Gasteiger partial charge in [-0.25, -0.2) is 0 Å². The number of rotatable bonds is 7. The SMILES string of the molecule is CCCC(CCC)(CCC)OP. The molecule has 0 aromatic rings. The van der Waals surface area contributed by atoms with Crippen molar-refractivity contribution in [1.82, 2.24) is 0 Å². The van der Waals surface area contributed by atoms with E-state index in [1.54, 1.807) is 0 Å². The Morgan fingerprint density at radius 2 is 1.25 bits per heavy atom. The van der Waals surface area contributed by atoms with Crippen LogP contribution in [0.1, 0.15) is 59.3 Å². The second-order valence-electron chi connectivity index (χ2n) is 3.55. The van der Waals surface area contributed by atoms with Gasteiger partial charge >= 0.3 is 0 Å². The van der Waals surface area contributed by atoms with Gasteiger partial charge in [0.25, 0.3) is 0 Å². The minimum absolute atomic E-state index is 0.156. The highest BCUT2D eigenvalue weighted by atomic mass is 31.0. The van der Waals surface area contributed by atoms with Crippen LogP contribution in [0.4, 0.5) is 0 Å². The summed E-state index contributed by atoms with van der Waals surface area (Å²) in [5.41, 5.74) is 0.156. The van der Waals surface area contributed by atoms with E-state index in [-0.39, 0.29) is 5.60 Å². The molecule has 0 saturated carbocycles. The molecule has 0 amide bonds. The Labute approximate surface area is 79.6 Å². The van der Waals surface area contributed by atoms with Gasteiger partial charge in [0.2, 0.25) is 0 Å². The minimum Gasteiger partial charge on any atom is -0.359 e. The number of hydrogen-bond donors (Lipinski definition) is 0.